The molecule has 0 unspecified atom stereocenters. The SMILES string of the molecule is COc1ccc(OCCN2CCN(CC(=O)Nc3ccc(-c4ccccc4)cc3)CC2)cc1. The molecule has 0 radical (unpaired) electrons. The summed E-state index contributed by atoms with van der Waals surface area (Å²) < 4.78 is 11.0. The lowest BCUT2D eigenvalue weighted by Gasteiger charge is -2.34. The minimum absolute atomic E-state index is 0.0266. The molecule has 3 aromatic carbocycles. The third-order valence-corrected chi connectivity index (χ3v) is 5.84. The molecule has 3 aromatic rings. The Bertz CT molecular complexity index is 999. The number of benzene rings is 3. The van der Waals surface area contributed by atoms with Gasteiger partial charge in [-0.2, -0.15) is 0 Å². The first-order chi connectivity index (χ1) is 16.2. The van der Waals surface area contributed by atoms with Crippen LogP contribution < -0.4 is 14.8 Å². The Labute approximate surface area is 195 Å². The van der Waals surface area contributed by atoms with E-state index in [2.05, 4.69) is 27.2 Å². The predicted octanol–water partition coefficient (Wildman–Crippen LogP) is 4.00. The van der Waals surface area contributed by atoms with Crippen LogP contribution in [0.1, 0.15) is 0 Å². The van der Waals surface area contributed by atoms with Crippen LogP contribution >= 0.6 is 0 Å². The molecule has 6 nitrogen and oxygen atoms in total. The fourth-order valence-corrected chi connectivity index (χ4v) is 3.92. The summed E-state index contributed by atoms with van der Waals surface area (Å²) >= 11 is 0. The highest BCUT2D eigenvalue weighted by Crippen LogP contribution is 2.21. The van der Waals surface area contributed by atoms with E-state index in [1.165, 1.54) is 5.56 Å². The molecule has 1 amide bonds. The number of hydrogen-bond donors (Lipinski definition) is 1. The summed E-state index contributed by atoms with van der Waals surface area (Å²) in [5.41, 5.74) is 3.14. The molecule has 1 saturated heterocycles. The van der Waals surface area contributed by atoms with E-state index in [1.807, 2.05) is 66.7 Å². The molecular formula is C27H31N3O3. The van der Waals surface area contributed by atoms with Gasteiger partial charge < -0.3 is 14.8 Å². The maximum Gasteiger partial charge on any atom is 0.238 e. The van der Waals surface area contributed by atoms with Gasteiger partial charge in [0.1, 0.15) is 18.1 Å². The number of anilines is 1. The van der Waals surface area contributed by atoms with Crippen molar-refractivity contribution in [2.75, 3.05) is 58.3 Å². The van der Waals surface area contributed by atoms with Crippen LogP contribution in [0.25, 0.3) is 11.1 Å². The summed E-state index contributed by atoms with van der Waals surface area (Å²) in [5, 5.41) is 3.02. The predicted molar refractivity (Wildman–Crippen MR) is 132 cm³/mol. The van der Waals surface area contributed by atoms with E-state index in [-0.39, 0.29) is 5.91 Å². The van der Waals surface area contributed by atoms with Crippen molar-refractivity contribution in [2.24, 2.45) is 0 Å². The van der Waals surface area contributed by atoms with E-state index in [9.17, 15) is 4.79 Å². The summed E-state index contributed by atoms with van der Waals surface area (Å²) in [7, 11) is 1.66. The Kier molecular flexibility index (Phi) is 7.95. The van der Waals surface area contributed by atoms with Crippen LogP contribution in [-0.4, -0.2) is 68.7 Å². The van der Waals surface area contributed by atoms with Gasteiger partial charge in [-0.3, -0.25) is 14.6 Å². The van der Waals surface area contributed by atoms with Crippen molar-refractivity contribution < 1.29 is 14.3 Å². The molecule has 1 aliphatic rings. The summed E-state index contributed by atoms with van der Waals surface area (Å²) in [4.78, 5) is 17.1. The van der Waals surface area contributed by atoms with Crippen molar-refractivity contribution in [2.45, 2.75) is 0 Å². The zero-order chi connectivity index (χ0) is 22.9. The number of rotatable bonds is 9. The van der Waals surface area contributed by atoms with Crippen LogP contribution in [0.4, 0.5) is 5.69 Å². The van der Waals surface area contributed by atoms with E-state index in [1.54, 1.807) is 7.11 Å². The van der Waals surface area contributed by atoms with Crippen LogP contribution in [0.15, 0.2) is 78.9 Å². The normalized spacial score (nSPS) is 14.6. The van der Waals surface area contributed by atoms with Crippen LogP contribution in [0.3, 0.4) is 0 Å². The Hall–Kier alpha value is -3.35. The number of nitrogens with one attached hydrogen (secondary N) is 1. The second-order valence-corrected chi connectivity index (χ2v) is 8.13. The zero-order valence-electron chi connectivity index (χ0n) is 19.1. The number of nitrogens with zero attached hydrogens (tertiary/aromatic N) is 2. The van der Waals surface area contributed by atoms with Crippen molar-refractivity contribution in [1.82, 2.24) is 9.80 Å². The van der Waals surface area contributed by atoms with Crippen molar-refractivity contribution in [1.29, 1.82) is 0 Å². The molecule has 0 saturated carbocycles. The average Bonchev–Trinajstić information content (AvgIpc) is 2.86. The number of methoxy groups -OCH3 is 1. The molecule has 4 rings (SSSR count). The van der Waals surface area contributed by atoms with Crippen molar-refractivity contribution in [3.63, 3.8) is 0 Å². The lowest BCUT2D eigenvalue weighted by Crippen LogP contribution is -2.49. The van der Waals surface area contributed by atoms with Gasteiger partial charge in [0.2, 0.25) is 5.91 Å². The topological polar surface area (TPSA) is 54.0 Å². The second-order valence-electron chi connectivity index (χ2n) is 8.13. The number of carbonyl (C=O) groups is 1. The summed E-state index contributed by atoms with van der Waals surface area (Å²) in [6.45, 7) is 5.56. The molecule has 1 fully saturated rings. The molecule has 33 heavy (non-hydrogen) atoms. The van der Waals surface area contributed by atoms with Crippen LogP contribution in [-0.2, 0) is 4.79 Å². The summed E-state index contributed by atoms with van der Waals surface area (Å²) in [5.74, 6) is 1.70. The minimum atomic E-state index is 0.0266. The zero-order valence-corrected chi connectivity index (χ0v) is 19.1. The van der Waals surface area contributed by atoms with Gasteiger partial charge in [0.25, 0.3) is 0 Å². The Morgan fingerprint density at radius 2 is 1.39 bits per heavy atom. The quantitative estimate of drug-likeness (QED) is 0.540. The van der Waals surface area contributed by atoms with E-state index < -0.39 is 0 Å². The molecule has 6 heteroatoms. The third kappa shape index (κ3) is 6.81. The van der Waals surface area contributed by atoms with E-state index in [0.29, 0.717) is 13.2 Å². The maximum atomic E-state index is 12.5. The van der Waals surface area contributed by atoms with Gasteiger partial charge in [-0.05, 0) is 47.5 Å². The first-order valence-electron chi connectivity index (χ1n) is 11.4. The van der Waals surface area contributed by atoms with Gasteiger partial charge in [0.15, 0.2) is 0 Å². The molecule has 1 heterocycles. The largest absolute Gasteiger partial charge is 0.497 e. The van der Waals surface area contributed by atoms with E-state index in [4.69, 9.17) is 9.47 Å². The molecule has 0 atom stereocenters. The smallest absolute Gasteiger partial charge is 0.238 e. The van der Waals surface area contributed by atoms with Gasteiger partial charge >= 0.3 is 0 Å². The Morgan fingerprint density at radius 1 is 0.788 bits per heavy atom. The molecule has 0 aromatic heterocycles. The first-order valence-corrected chi connectivity index (χ1v) is 11.4. The lowest BCUT2D eigenvalue weighted by molar-refractivity contribution is -0.117. The molecule has 1 N–H and O–H groups in total. The number of piperazine rings is 1. The highest BCUT2D eigenvalue weighted by molar-refractivity contribution is 5.92. The van der Waals surface area contributed by atoms with Crippen LogP contribution in [0.2, 0.25) is 0 Å². The first kappa shape index (κ1) is 22.8. The molecule has 0 aliphatic carbocycles. The highest BCUT2D eigenvalue weighted by Gasteiger charge is 2.19. The van der Waals surface area contributed by atoms with Gasteiger partial charge in [0.05, 0.1) is 13.7 Å². The Balaban J connectivity index is 1.15. The molecule has 0 spiro atoms. The van der Waals surface area contributed by atoms with Gasteiger partial charge in [-0.1, -0.05) is 42.5 Å². The molecular weight excluding hydrogens is 414 g/mol. The lowest BCUT2D eigenvalue weighted by atomic mass is 10.1. The number of carbonyl (C=O) groups excluding carboxylic acids is 1. The van der Waals surface area contributed by atoms with Crippen LogP contribution in [0.5, 0.6) is 11.5 Å². The second kappa shape index (κ2) is 11.5. The highest BCUT2D eigenvalue weighted by atomic mass is 16.5. The average molecular weight is 446 g/mol. The number of ether oxygens (including phenoxy) is 2. The molecule has 172 valence electrons. The summed E-state index contributed by atoms with van der Waals surface area (Å²) in [6.07, 6.45) is 0. The van der Waals surface area contributed by atoms with Crippen LogP contribution in [0, 0.1) is 0 Å². The van der Waals surface area contributed by atoms with E-state index >= 15 is 0 Å². The van der Waals surface area contributed by atoms with E-state index in [0.717, 1.165) is 55.5 Å². The third-order valence-electron chi connectivity index (χ3n) is 5.84. The van der Waals surface area contributed by atoms with Gasteiger partial charge in [0, 0.05) is 38.4 Å². The summed E-state index contributed by atoms with van der Waals surface area (Å²) in [6, 6.07) is 25.9. The molecule has 1 aliphatic heterocycles. The van der Waals surface area contributed by atoms with Crippen molar-refractivity contribution in [3.05, 3.63) is 78.9 Å². The fraction of sp³-hybridized carbons (Fsp3) is 0.296. The fourth-order valence-electron chi connectivity index (χ4n) is 3.92. The number of hydrogen-bond acceptors (Lipinski definition) is 5. The minimum Gasteiger partial charge on any atom is -0.497 e. The van der Waals surface area contributed by atoms with Gasteiger partial charge in [-0.25, -0.2) is 0 Å². The Morgan fingerprint density at radius 3 is 2.06 bits per heavy atom. The van der Waals surface area contributed by atoms with Gasteiger partial charge in [-0.15, -0.1) is 0 Å². The molecule has 0 bridgehead atoms. The maximum absolute atomic E-state index is 12.5. The monoisotopic (exact) mass is 445 g/mol. The van der Waals surface area contributed by atoms with Crippen molar-refractivity contribution in [3.8, 4) is 22.6 Å². The standard InChI is InChI=1S/C27H31N3O3/c1-32-25-11-13-26(14-12-25)33-20-19-29-15-17-30(18-16-29)21-27(31)28-24-9-7-23(8-10-24)22-5-3-2-4-6-22/h2-14H,15-21H2,1H3,(H,28,31). The number of amides is 1. The van der Waals surface area contributed by atoms with Crippen molar-refractivity contribution >= 4 is 11.6 Å².